The Hall–Kier alpha value is -1.79. The second-order valence-electron chi connectivity index (χ2n) is 4.93. The largest absolute Gasteiger partial charge is 0.497 e. The number of benzene rings is 1. The number of methoxy groups -OCH3 is 1. The first-order valence-corrected chi connectivity index (χ1v) is 7.29. The maximum absolute atomic E-state index is 11.7. The van der Waals surface area contributed by atoms with Crippen molar-refractivity contribution in [2.75, 3.05) is 38.7 Å². The summed E-state index contributed by atoms with van der Waals surface area (Å²) in [4.78, 5) is 11.7. The van der Waals surface area contributed by atoms with Crippen LogP contribution in [-0.4, -0.2) is 45.5 Å². The van der Waals surface area contributed by atoms with Gasteiger partial charge in [0.05, 0.1) is 19.8 Å². The standard InChI is InChI=1S/C15H23N3O3/c1-20-13-4-2-12(3-5-13)18-15(19)17-10-11-21-14-6-8-16-9-7-14/h2-5,14,16H,6-11H2,1H3,(H2,17,18,19). The number of carbonyl (C=O) groups is 1. The molecule has 6 nitrogen and oxygen atoms in total. The third-order valence-electron chi connectivity index (χ3n) is 3.38. The molecule has 0 saturated carbocycles. The third kappa shape index (κ3) is 5.61. The van der Waals surface area contributed by atoms with Crippen molar-refractivity contribution in [3.05, 3.63) is 24.3 Å². The zero-order valence-electron chi connectivity index (χ0n) is 12.4. The Kier molecular flexibility index (Phi) is 6.30. The number of hydrogen-bond acceptors (Lipinski definition) is 4. The molecule has 1 fully saturated rings. The average molecular weight is 293 g/mol. The molecule has 1 heterocycles. The molecule has 0 radical (unpaired) electrons. The van der Waals surface area contributed by atoms with E-state index in [0.717, 1.165) is 37.4 Å². The summed E-state index contributed by atoms with van der Waals surface area (Å²) in [6.07, 6.45) is 2.40. The average Bonchev–Trinajstić information content (AvgIpc) is 2.53. The maximum Gasteiger partial charge on any atom is 0.319 e. The van der Waals surface area contributed by atoms with Crippen LogP contribution in [0.25, 0.3) is 0 Å². The molecule has 116 valence electrons. The van der Waals surface area contributed by atoms with E-state index in [1.54, 1.807) is 31.4 Å². The van der Waals surface area contributed by atoms with Gasteiger partial charge in [0.25, 0.3) is 0 Å². The minimum atomic E-state index is -0.228. The predicted molar refractivity (Wildman–Crippen MR) is 81.9 cm³/mol. The van der Waals surface area contributed by atoms with Crippen molar-refractivity contribution in [3.8, 4) is 5.75 Å². The minimum Gasteiger partial charge on any atom is -0.497 e. The summed E-state index contributed by atoms with van der Waals surface area (Å²) >= 11 is 0. The molecule has 21 heavy (non-hydrogen) atoms. The Morgan fingerprint density at radius 2 is 2.00 bits per heavy atom. The molecule has 1 aromatic carbocycles. The fourth-order valence-corrected chi connectivity index (χ4v) is 2.20. The highest BCUT2D eigenvalue weighted by molar-refractivity contribution is 5.89. The van der Waals surface area contributed by atoms with E-state index >= 15 is 0 Å². The summed E-state index contributed by atoms with van der Waals surface area (Å²) in [6, 6.07) is 6.97. The number of ether oxygens (including phenoxy) is 2. The van der Waals surface area contributed by atoms with E-state index < -0.39 is 0 Å². The lowest BCUT2D eigenvalue weighted by Gasteiger charge is -2.22. The summed E-state index contributed by atoms with van der Waals surface area (Å²) < 4.78 is 10.8. The van der Waals surface area contributed by atoms with Gasteiger partial charge < -0.3 is 25.4 Å². The van der Waals surface area contributed by atoms with E-state index in [1.807, 2.05) is 0 Å². The first-order valence-electron chi connectivity index (χ1n) is 7.29. The lowest BCUT2D eigenvalue weighted by atomic mass is 10.1. The molecule has 0 bridgehead atoms. The zero-order chi connectivity index (χ0) is 14.9. The van der Waals surface area contributed by atoms with Crippen LogP contribution in [0.1, 0.15) is 12.8 Å². The van der Waals surface area contributed by atoms with Crippen LogP contribution < -0.4 is 20.7 Å². The summed E-state index contributed by atoms with van der Waals surface area (Å²) in [7, 11) is 1.61. The van der Waals surface area contributed by atoms with E-state index in [9.17, 15) is 4.79 Å². The van der Waals surface area contributed by atoms with E-state index in [4.69, 9.17) is 9.47 Å². The van der Waals surface area contributed by atoms with Crippen molar-refractivity contribution < 1.29 is 14.3 Å². The quantitative estimate of drug-likeness (QED) is 0.697. The molecule has 2 amide bonds. The summed E-state index contributed by atoms with van der Waals surface area (Å²) in [5.74, 6) is 0.760. The van der Waals surface area contributed by atoms with E-state index in [2.05, 4.69) is 16.0 Å². The highest BCUT2D eigenvalue weighted by Crippen LogP contribution is 2.14. The van der Waals surface area contributed by atoms with Crippen molar-refractivity contribution in [3.63, 3.8) is 0 Å². The van der Waals surface area contributed by atoms with Crippen molar-refractivity contribution in [2.45, 2.75) is 18.9 Å². The van der Waals surface area contributed by atoms with Crippen LogP contribution in [-0.2, 0) is 4.74 Å². The van der Waals surface area contributed by atoms with Crippen LogP contribution in [0.2, 0.25) is 0 Å². The van der Waals surface area contributed by atoms with Gasteiger partial charge in [-0.05, 0) is 50.2 Å². The number of anilines is 1. The molecule has 0 aliphatic carbocycles. The number of nitrogens with one attached hydrogen (secondary N) is 3. The molecular weight excluding hydrogens is 270 g/mol. The lowest BCUT2D eigenvalue weighted by molar-refractivity contribution is 0.0358. The zero-order valence-corrected chi connectivity index (χ0v) is 12.4. The third-order valence-corrected chi connectivity index (χ3v) is 3.38. The molecular formula is C15H23N3O3. The maximum atomic E-state index is 11.7. The second kappa shape index (κ2) is 8.49. The van der Waals surface area contributed by atoms with Gasteiger partial charge in [-0.2, -0.15) is 0 Å². The Labute approximate surface area is 125 Å². The van der Waals surface area contributed by atoms with Crippen LogP contribution in [0.5, 0.6) is 5.75 Å². The van der Waals surface area contributed by atoms with Crippen LogP contribution >= 0.6 is 0 Å². The molecule has 3 N–H and O–H groups in total. The van der Waals surface area contributed by atoms with Crippen molar-refractivity contribution in [1.82, 2.24) is 10.6 Å². The lowest BCUT2D eigenvalue weighted by Crippen LogP contribution is -2.35. The second-order valence-corrected chi connectivity index (χ2v) is 4.93. The van der Waals surface area contributed by atoms with Gasteiger partial charge in [0, 0.05) is 12.2 Å². The normalized spacial score (nSPS) is 15.5. The minimum absolute atomic E-state index is 0.228. The number of carbonyl (C=O) groups excluding carboxylic acids is 1. The highest BCUT2D eigenvalue weighted by Gasteiger charge is 2.12. The summed E-state index contributed by atoms with van der Waals surface area (Å²) in [6.45, 7) is 3.07. The molecule has 0 atom stereocenters. The van der Waals surface area contributed by atoms with Crippen LogP contribution in [0.15, 0.2) is 24.3 Å². The fourth-order valence-electron chi connectivity index (χ4n) is 2.20. The predicted octanol–water partition coefficient (Wildman–Crippen LogP) is 1.59. The van der Waals surface area contributed by atoms with Gasteiger partial charge in [0.2, 0.25) is 0 Å². The molecule has 6 heteroatoms. The molecule has 0 aromatic heterocycles. The Morgan fingerprint density at radius 1 is 1.29 bits per heavy atom. The van der Waals surface area contributed by atoms with Crippen molar-refractivity contribution in [2.24, 2.45) is 0 Å². The number of hydrogen-bond donors (Lipinski definition) is 3. The molecule has 0 spiro atoms. The number of amides is 2. The summed E-state index contributed by atoms with van der Waals surface area (Å²) in [5.41, 5.74) is 0.729. The van der Waals surface area contributed by atoms with Crippen molar-refractivity contribution >= 4 is 11.7 Å². The van der Waals surface area contributed by atoms with Gasteiger partial charge in [0.1, 0.15) is 5.75 Å². The smallest absolute Gasteiger partial charge is 0.319 e. The van der Waals surface area contributed by atoms with Gasteiger partial charge in [-0.25, -0.2) is 4.79 Å². The fraction of sp³-hybridized carbons (Fsp3) is 0.533. The van der Waals surface area contributed by atoms with E-state index in [1.165, 1.54) is 0 Å². The van der Waals surface area contributed by atoms with Gasteiger partial charge in [-0.15, -0.1) is 0 Å². The van der Waals surface area contributed by atoms with Crippen LogP contribution in [0.4, 0.5) is 10.5 Å². The topological polar surface area (TPSA) is 71.6 Å². The summed E-state index contributed by atoms with van der Waals surface area (Å²) in [5, 5.41) is 8.83. The molecule has 0 unspecified atom stereocenters. The van der Waals surface area contributed by atoms with Gasteiger partial charge >= 0.3 is 6.03 Å². The number of urea groups is 1. The van der Waals surface area contributed by atoms with Gasteiger partial charge in [-0.3, -0.25) is 0 Å². The monoisotopic (exact) mass is 293 g/mol. The molecule has 1 aliphatic heterocycles. The number of rotatable bonds is 6. The Morgan fingerprint density at radius 3 is 2.67 bits per heavy atom. The molecule has 1 aliphatic rings. The van der Waals surface area contributed by atoms with E-state index in [-0.39, 0.29) is 6.03 Å². The molecule has 1 aromatic rings. The SMILES string of the molecule is COc1ccc(NC(=O)NCCOC2CCNCC2)cc1. The first kappa shape index (κ1) is 15.6. The Balaban J connectivity index is 1.60. The van der Waals surface area contributed by atoms with Crippen LogP contribution in [0.3, 0.4) is 0 Å². The molecule has 2 rings (SSSR count). The van der Waals surface area contributed by atoms with Gasteiger partial charge in [-0.1, -0.05) is 0 Å². The highest BCUT2D eigenvalue weighted by atomic mass is 16.5. The van der Waals surface area contributed by atoms with Crippen molar-refractivity contribution in [1.29, 1.82) is 0 Å². The van der Waals surface area contributed by atoms with E-state index in [0.29, 0.717) is 19.3 Å². The van der Waals surface area contributed by atoms with Crippen LogP contribution in [0, 0.1) is 0 Å². The molecule has 1 saturated heterocycles. The first-order chi connectivity index (χ1) is 10.3. The number of piperidine rings is 1. The Bertz CT molecular complexity index is 430. The van der Waals surface area contributed by atoms with Gasteiger partial charge in [0.15, 0.2) is 0 Å².